The number of benzene rings is 2. The van der Waals surface area contributed by atoms with Gasteiger partial charge in [0.15, 0.2) is 0 Å². The molecule has 2 aromatic carbocycles. The van der Waals surface area contributed by atoms with Crippen LogP contribution in [0, 0.1) is 0 Å². The lowest BCUT2D eigenvalue weighted by Gasteiger charge is -2.27. The van der Waals surface area contributed by atoms with Crippen LogP contribution in [0.15, 0.2) is 82.4 Å². The minimum Gasteiger partial charge on any atom is -0.459 e. The van der Waals surface area contributed by atoms with Gasteiger partial charge in [-0.05, 0) is 60.9 Å². The Morgan fingerprint density at radius 2 is 1.91 bits per heavy atom. The van der Waals surface area contributed by atoms with E-state index in [1.54, 1.807) is 30.6 Å². The van der Waals surface area contributed by atoms with Crippen molar-refractivity contribution in [2.75, 3.05) is 18.8 Å². The molecule has 0 aliphatic carbocycles. The number of thioether (sulfide) groups is 1. The Morgan fingerprint density at radius 1 is 1.04 bits per heavy atom. The van der Waals surface area contributed by atoms with Crippen molar-refractivity contribution >= 4 is 52.3 Å². The molecule has 2 aliphatic heterocycles. The van der Waals surface area contributed by atoms with Gasteiger partial charge in [-0.1, -0.05) is 30.3 Å². The van der Waals surface area contributed by atoms with Crippen LogP contribution in [0.4, 0.5) is 0 Å². The molecule has 6 rings (SSSR count). The second-order valence-corrected chi connectivity index (χ2v) is 12.0. The van der Waals surface area contributed by atoms with Crippen molar-refractivity contribution in [2.45, 2.75) is 42.7 Å². The number of fused-ring (bicyclic) bond motifs is 2. The predicted molar refractivity (Wildman–Crippen MR) is 166 cm³/mol. The summed E-state index contributed by atoms with van der Waals surface area (Å²) in [5.41, 5.74) is 2.22. The van der Waals surface area contributed by atoms with Gasteiger partial charge in [0, 0.05) is 35.6 Å². The minimum absolute atomic E-state index is 0.0738. The van der Waals surface area contributed by atoms with Crippen LogP contribution in [0.2, 0.25) is 0 Å². The first-order valence-corrected chi connectivity index (χ1v) is 15.7. The van der Waals surface area contributed by atoms with Gasteiger partial charge in [0.05, 0.1) is 23.7 Å². The van der Waals surface area contributed by atoms with E-state index < -0.39 is 29.7 Å². The molecule has 2 unspecified atom stereocenters. The Balaban J connectivity index is 0.980. The van der Waals surface area contributed by atoms with Crippen LogP contribution in [0.1, 0.15) is 63.8 Å². The third kappa shape index (κ3) is 6.52. The highest BCUT2D eigenvalue weighted by Crippen LogP contribution is 2.35. The van der Waals surface area contributed by atoms with Crippen LogP contribution >= 0.6 is 11.8 Å². The summed E-state index contributed by atoms with van der Waals surface area (Å²) in [5, 5.41) is 9.44. The van der Waals surface area contributed by atoms with Crippen LogP contribution in [0.25, 0.3) is 11.0 Å². The highest BCUT2D eigenvalue weighted by atomic mass is 32.2. The maximum Gasteiger partial charge on any atom is 0.263 e. The molecule has 4 heterocycles. The first-order chi connectivity index (χ1) is 21.9. The number of nitrogens with one attached hydrogen (secondary N) is 3. The first kappa shape index (κ1) is 30.2. The quantitative estimate of drug-likeness (QED) is 0.122. The molecule has 1 fully saturated rings. The topological polar surface area (TPSA) is 151 Å². The molecular weight excluding hydrogens is 594 g/mol. The molecule has 2 aliphatic rings. The minimum atomic E-state index is -0.996. The summed E-state index contributed by atoms with van der Waals surface area (Å²) in [6.07, 6.45) is 5.12. The zero-order valence-corrected chi connectivity index (χ0v) is 25.1. The first-order valence-electron chi connectivity index (χ1n) is 14.8. The number of pyridine rings is 1. The number of para-hydroxylation sites is 1. The maximum absolute atomic E-state index is 13.3. The number of hydrogen-bond acceptors (Lipinski definition) is 9. The zero-order valence-electron chi connectivity index (χ0n) is 24.3. The second kappa shape index (κ2) is 13.4. The van der Waals surface area contributed by atoms with Crippen LogP contribution in [0.5, 0.6) is 0 Å². The largest absolute Gasteiger partial charge is 0.459 e. The number of nitrogens with zero attached hydrogens (tertiary/aromatic N) is 2. The van der Waals surface area contributed by atoms with E-state index in [-0.39, 0.29) is 36.9 Å². The van der Waals surface area contributed by atoms with Crippen molar-refractivity contribution < 1.29 is 28.4 Å². The summed E-state index contributed by atoms with van der Waals surface area (Å²) in [6.45, 7) is 0.568. The Hall–Kier alpha value is -4.81. The lowest BCUT2D eigenvalue weighted by molar-refractivity contribution is -0.136. The van der Waals surface area contributed by atoms with Crippen molar-refractivity contribution in [1.29, 1.82) is 0 Å². The van der Waals surface area contributed by atoms with E-state index in [2.05, 4.69) is 20.9 Å². The van der Waals surface area contributed by atoms with Crippen molar-refractivity contribution in [3.05, 3.63) is 95.5 Å². The van der Waals surface area contributed by atoms with E-state index >= 15 is 0 Å². The fourth-order valence-corrected chi connectivity index (χ4v) is 6.66. The molecule has 4 aromatic rings. The van der Waals surface area contributed by atoms with Crippen LogP contribution in [0.3, 0.4) is 0 Å². The Labute approximate surface area is 263 Å². The smallest absolute Gasteiger partial charge is 0.263 e. The number of aromatic nitrogens is 1. The molecule has 0 radical (unpaired) electrons. The number of furan rings is 1. The van der Waals surface area contributed by atoms with Gasteiger partial charge >= 0.3 is 0 Å². The van der Waals surface area contributed by atoms with E-state index in [1.807, 2.05) is 42.5 Å². The van der Waals surface area contributed by atoms with E-state index in [0.29, 0.717) is 28.5 Å². The molecule has 2 atom stereocenters. The van der Waals surface area contributed by atoms with Crippen molar-refractivity contribution in [3.8, 4) is 0 Å². The number of imide groups is 2. The second-order valence-electron chi connectivity index (χ2n) is 10.8. The summed E-state index contributed by atoms with van der Waals surface area (Å²) in [6, 6.07) is 17.2. The van der Waals surface area contributed by atoms with Gasteiger partial charge in [-0.25, -0.2) is 0 Å². The van der Waals surface area contributed by atoms with E-state index in [4.69, 9.17) is 4.42 Å². The summed E-state index contributed by atoms with van der Waals surface area (Å²) in [7, 11) is 0. The van der Waals surface area contributed by atoms with Gasteiger partial charge in [-0.3, -0.25) is 44.5 Å². The Bertz CT molecular complexity index is 1740. The molecule has 230 valence electrons. The van der Waals surface area contributed by atoms with Crippen molar-refractivity contribution in [3.63, 3.8) is 0 Å². The fourth-order valence-electron chi connectivity index (χ4n) is 5.57. The van der Waals surface area contributed by atoms with Crippen LogP contribution in [-0.2, 0) is 14.4 Å². The fraction of sp³-hybridized carbons (Fsp3) is 0.273. The zero-order chi connectivity index (χ0) is 31.3. The molecule has 5 amide bonds. The summed E-state index contributed by atoms with van der Waals surface area (Å²) < 4.78 is 6.07. The molecule has 0 saturated carbocycles. The standard InChI is InChI=1S/C33H31N5O6S/c39-27-13-12-23(31(41)37-27)38-32(42)22-9-5-11-26(29(22)33(38)43)45-16-4-3-15-35-28(40)19-36-30(21-8-6-14-34-18-21)25-17-20-7-1-2-10-24(20)44-25/h1-2,5-11,14,17-18,23,30,36H,3-4,12-13,15-16,19H2,(H,35,40)(H,37,39,41). The van der Waals surface area contributed by atoms with E-state index in [1.165, 1.54) is 11.8 Å². The molecule has 45 heavy (non-hydrogen) atoms. The third-order valence-corrected chi connectivity index (χ3v) is 8.94. The number of rotatable bonds is 12. The average Bonchev–Trinajstić information content (AvgIpc) is 3.58. The highest BCUT2D eigenvalue weighted by molar-refractivity contribution is 7.99. The summed E-state index contributed by atoms with van der Waals surface area (Å²) in [5.74, 6) is -0.857. The molecule has 0 bridgehead atoms. The number of hydrogen-bond donors (Lipinski definition) is 3. The number of unbranched alkanes of at least 4 members (excludes halogenated alkanes) is 1. The summed E-state index contributed by atoms with van der Waals surface area (Å²) in [4.78, 5) is 68.8. The molecule has 3 N–H and O–H groups in total. The van der Waals surface area contributed by atoms with Crippen LogP contribution in [-0.4, -0.2) is 64.3 Å². The van der Waals surface area contributed by atoms with Crippen molar-refractivity contribution in [1.82, 2.24) is 25.8 Å². The molecular formula is C33H31N5O6S. The SMILES string of the molecule is O=C(CNC(c1cccnc1)c1cc2ccccc2o1)NCCCCSc1cccc2c1C(=O)N(C1CCC(=O)NC1=O)C2=O. The van der Waals surface area contributed by atoms with E-state index in [9.17, 15) is 24.0 Å². The highest BCUT2D eigenvalue weighted by Gasteiger charge is 2.45. The van der Waals surface area contributed by atoms with Crippen LogP contribution < -0.4 is 16.0 Å². The number of piperidine rings is 1. The van der Waals surface area contributed by atoms with Gasteiger partial charge in [-0.2, -0.15) is 0 Å². The van der Waals surface area contributed by atoms with Gasteiger partial charge in [-0.15, -0.1) is 11.8 Å². The Kier molecular flexibility index (Phi) is 9.03. The normalized spacial score (nSPS) is 17.0. The molecule has 0 spiro atoms. The van der Waals surface area contributed by atoms with Gasteiger partial charge in [0.25, 0.3) is 11.8 Å². The molecule has 11 nitrogen and oxygen atoms in total. The van der Waals surface area contributed by atoms with Gasteiger partial charge < -0.3 is 9.73 Å². The van der Waals surface area contributed by atoms with Gasteiger partial charge in [0.1, 0.15) is 17.4 Å². The lowest BCUT2D eigenvalue weighted by Crippen LogP contribution is -2.54. The number of carbonyl (C=O) groups is 5. The molecule has 1 saturated heterocycles. The van der Waals surface area contributed by atoms with Crippen molar-refractivity contribution in [2.24, 2.45) is 0 Å². The molecule has 12 heteroatoms. The molecule has 2 aromatic heterocycles. The van der Waals surface area contributed by atoms with Gasteiger partial charge in [0.2, 0.25) is 17.7 Å². The number of amides is 5. The average molecular weight is 626 g/mol. The predicted octanol–water partition coefficient (Wildman–Crippen LogP) is 3.60. The monoisotopic (exact) mass is 625 g/mol. The number of carbonyl (C=O) groups excluding carboxylic acids is 5. The maximum atomic E-state index is 13.3. The van der Waals surface area contributed by atoms with E-state index in [0.717, 1.165) is 34.3 Å². The summed E-state index contributed by atoms with van der Waals surface area (Å²) >= 11 is 1.46. The lowest BCUT2D eigenvalue weighted by atomic mass is 10.0. The third-order valence-electron chi connectivity index (χ3n) is 7.79. The Morgan fingerprint density at radius 3 is 2.71 bits per heavy atom.